The predicted molar refractivity (Wildman–Crippen MR) is 163 cm³/mol. The van der Waals surface area contributed by atoms with Gasteiger partial charge in [0.2, 0.25) is 0 Å². The molecule has 0 aliphatic heterocycles. The number of unbranched alkanes of at least 4 members (excludes halogenated alkanes) is 14. The maximum atomic E-state index is 7.56. The van der Waals surface area contributed by atoms with Crippen LogP contribution in [0.4, 0.5) is 0 Å². The summed E-state index contributed by atoms with van der Waals surface area (Å²) in [4.78, 5) is 45.3. The Labute approximate surface area is 253 Å². The van der Waals surface area contributed by atoms with Crippen molar-refractivity contribution in [2.45, 2.75) is 117 Å². The van der Waals surface area contributed by atoms with E-state index in [2.05, 4.69) is 57.4 Å². The molecule has 6 N–H and O–H groups in total. The van der Waals surface area contributed by atoms with Crippen molar-refractivity contribution in [3.8, 4) is 0 Å². The van der Waals surface area contributed by atoms with Crippen molar-refractivity contribution < 1.29 is 50.4 Å². The number of hydrogen-bond acceptors (Lipinski definition) is 2. The molecule has 6 nitrogen and oxygen atoms in total. The predicted octanol–water partition coefficient (Wildman–Crippen LogP) is 7.78. The normalized spacial score (nSPS) is 10.0. The zero-order chi connectivity index (χ0) is 28.6. The Kier molecular flexibility index (Phi) is 50.5. The van der Waals surface area contributed by atoms with E-state index in [-0.39, 0.29) is 21.1 Å². The van der Waals surface area contributed by atoms with Crippen LogP contribution in [0.5, 0.6) is 0 Å². The maximum absolute atomic E-state index is 7.56. The Balaban J connectivity index is -0.000000118. The van der Waals surface area contributed by atoms with E-state index in [0.717, 1.165) is 12.8 Å². The second kappa shape index (κ2) is 39.1. The number of hydrogen-bond donors (Lipinski definition) is 6. The fraction of sp³-hybridized carbons (Fsp3) is 0.692. The molecule has 1 aromatic carbocycles. The molecule has 0 aliphatic rings. The molecule has 1 rings (SSSR count). The summed E-state index contributed by atoms with van der Waals surface area (Å²) in [6.45, 7) is 4.55. The van der Waals surface area contributed by atoms with Crippen molar-refractivity contribution in [1.29, 1.82) is 0 Å². The second-order valence-electron chi connectivity index (χ2n) is 8.05. The summed E-state index contributed by atoms with van der Waals surface area (Å²) >= 11 is 7.21. The minimum Gasteiger partial charge on any atom is -0.343 e. The molecule has 0 amide bonds. The Hall–Kier alpha value is 0.968. The third kappa shape index (κ3) is 103. The van der Waals surface area contributed by atoms with Gasteiger partial charge in [0.15, 0.2) is 0 Å². The molecule has 1 radical (unpaired) electrons. The van der Waals surface area contributed by atoms with E-state index in [4.69, 9.17) is 29.4 Å². The quantitative estimate of drug-likeness (QED) is 0.0509. The number of rotatable bonds is 14. The van der Waals surface area contributed by atoms with Crippen molar-refractivity contribution in [2.75, 3.05) is 0 Å². The molecule has 0 heterocycles. The molecule has 0 spiro atoms. The first-order valence-corrected chi connectivity index (χ1v) is 18.2. The molecule has 0 saturated carbocycles. The SMILES string of the molecule is OP(O)(O)=S.OP(O)(O)=S.[CH2-]CCCCCCCCC.[CH2-]CCCCCCCCC.[Mo+3].[c-]1ccccc1. The Morgan fingerprint density at radius 3 is 0.946 bits per heavy atom. The van der Waals surface area contributed by atoms with E-state index in [9.17, 15) is 0 Å². The van der Waals surface area contributed by atoms with E-state index in [1.165, 1.54) is 89.9 Å². The van der Waals surface area contributed by atoms with E-state index in [1.54, 1.807) is 0 Å². The van der Waals surface area contributed by atoms with Crippen molar-refractivity contribution in [1.82, 2.24) is 0 Å². The zero-order valence-electron chi connectivity index (χ0n) is 22.9. The van der Waals surface area contributed by atoms with Gasteiger partial charge in [-0.2, -0.15) is 49.2 Å². The summed E-state index contributed by atoms with van der Waals surface area (Å²) in [6, 6.07) is 12.5. The van der Waals surface area contributed by atoms with E-state index < -0.39 is 13.4 Å². The van der Waals surface area contributed by atoms with Gasteiger partial charge in [0.1, 0.15) is 0 Å². The van der Waals surface area contributed by atoms with E-state index in [1.807, 2.05) is 30.3 Å². The zero-order valence-corrected chi connectivity index (χ0v) is 28.3. The molecule has 0 aromatic heterocycles. The van der Waals surface area contributed by atoms with Gasteiger partial charge in [0, 0.05) is 0 Å². The van der Waals surface area contributed by atoms with Crippen LogP contribution in [0.15, 0.2) is 30.3 Å². The topological polar surface area (TPSA) is 121 Å². The largest absolute Gasteiger partial charge is 3.00 e. The molecule has 37 heavy (non-hydrogen) atoms. The van der Waals surface area contributed by atoms with Gasteiger partial charge in [-0.1, -0.05) is 104 Å². The first-order valence-electron chi connectivity index (χ1n) is 12.9. The molecule has 0 bridgehead atoms. The molecular formula is C26H53MoO6P2S2. The van der Waals surface area contributed by atoms with E-state index >= 15 is 0 Å². The summed E-state index contributed by atoms with van der Waals surface area (Å²) in [5.41, 5.74) is 0. The Morgan fingerprint density at radius 1 is 0.541 bits per heavy atom. The fourth-order valence-corrected chi connectivity index (χ4v) is 2.61. The van der Waals surface area contributed by atoms with Crippen LogP contribution in [0, 0.1) is 19.9 Å². The summed E-state index contributed by atoms with van der Waals surface area (Å²) in [5, 5.41) is 0. The van der Waals surface area contributed by atoms with Gasteiger partial charge in [-0.3, -0.25) is 0 Å². The fourth-order valence-electron chi connectivity index (χ4n) is 2.61. The monoisotopic (exact) mass is 685 g/mol. The van der Waals surface area contributed by atoms with Crippen LogP contribution in [0.3, 0.4) is 0 Å². The summed E-state index contributed by atoms with van der Waals surface area (Å²) in [5.74, 6) is 0. The molecule has 0 atom stereocenters. The summed E-state index contributed by atoms with van der Waals surface area (Å²) in [6.07, 6.45) is 21.8. The first kappa shape index (κ1) is 47.7. The van der Waals surface area contributed by atoms with Crippen LogP contribution in [-0.2, 0) is 44.7 Å². The van der Waals surface area contributed by atoms with Crippen LogP contribution in [0.2, 0.25) is 0 Å². The molecule has 0 fully saturated rings. The first-order chi connectivity index (χ1) is 16.8. The van der Waals surface area contributed by atoms with Gasteiger partial charge >= 0.3 is 34.5 Å². The van der Waals surface area contributed by atoms with Gasteiger partial charge in [-0.15, -0.1) is 0 Å². The molecule has 221 valence electrons. The summed E-state index contributed by atoms with van der Waals surface area (Å²) < 4.78 is 0. The molecule has 0 aliphatic carbocycles. The van der Waals surface area contributed by atoms with Gasteiger partial charge < -0.3 is 43.2 Å². The molecule has 0 unspecified atom stereocenters. The standard InChI is InChI=1S/2C10H21.C6H5.Mo.2H3O3PS/c2*1-3-5-7-9-10-8-6-4-2;1-2-4-6-5-3-1;;2*1-4(2,3)5/h2*1,3-10H2,2H3;1-5H;;2*(H3,1,2,3,5)/q3*-1;+3;;. The van der Waals surface area contributed by atoms with Gasteiger partial charge in [-0.05, 0) is 23.6 Å². The molecule has 11 heteroatoms. The average molecular weight is 684 g/mol. The van der Waals surface area contributed by atoms with Crippen molar-refractivity contribution >= 4 is 37.1 Å². The molecule has 0 saturated heterocycles. The minimum absolute atomic E-state index is 0. The average Bonchev–Trinajstić information content (AvgIpc) is 2.78. The van der Waals surface area contributed by atoms with E-state index in [0.29, 0.717) is 0 Å². The van der Waals surface area contributed by atoms with Crippen LogP contribution in [-0.4, -0.2) is 29.4 Å². The Morgan fingerprint density at radius 2 is 0.784 bits per heavy atom. The molecule has 1 aromatic rings. The van der Waals surface area contributed by atoms with Crippen molar-refractivity contribution in [3.05, 3.63) is 50.2 Å². The van der Waals surface area contributed by atoms with Crippen LogP contribution in [0.1, 0.15) is 117 Å². The van der Waals surface area contributed by atoms with Gasteiger partial charge in [0.25, 0.3) is 0 Å². The van der Waals surface area contributed by atoms with Crippen LogP contribution < -0.4 is 0 Å². The minimum atomic E-state index is -3.81. The van der Waals surface area contributed by atoms with Crippen LogP contribution >= 0.6 is 13.4 Å². The van der Waals surface area contributed by atoms with Gasteiger partial charge in [0.05, 0.1) is 0 Å². The third-order valence-corrected chi connectivity index (χ3v) is 4.31. The van der Waals surface area contributed by atoms with Crippen LogP contribution in [0.25, 0.3) is 0 Å². The second-order valence-corrected chi connectivity index (χ2v) is 13.0. The van der Waals surface area contributed by atoms with Crippen molar-refractivity contribution in [3.63, 3.8) is 0 Å². The third-order valence-electron chi connectivity index (χ3n) is 4.31. The maximum Gasteiger partial charge on any atom is 3.00 e. The smallest absolute Gasteiger partial charge is 0.343 e. The van der Waals surface area contributed by atoms with Gasteiger partial charge in [-0.25, -0.2) is 0 Å². The number of benzene rings is 1. The Bertz CT molecular complexity index is 494. The van der Waals surface area contributed by atoms with Crippen molar-refractivity contribution in [2.24, 2.45) is 0 Å². The molecular weight excluding hydrogens is 630 g/mol. The summed E-state index contributed by atoms with van der Waals surface area (Å²) in [7, 11) is 0.